The first-order valence-corrected chi connectivity index (χ1v) is 7.93. The number of aryl methyl sites for hydroxylation is 1. The van der Waals surface area contributed by atoms with Crippen LogP contribution >= 0.6 is 0 Å². The fourth-order valence-corrected chi connectivity index (χ4v) is 2.77. The van der Waals surface area contributed by atoms with Crippen molar-refractivity contribution >= 4 is 5.69 Å². The molecule has 1 aromatic rings. The zero-order valence-electron chi connectivity index (χ0n) is 13.3. The molecule has 0 aromatic heterocycles. The number of benzene rings is 1. The lowest BCUT2D eigenvalue weighted by atomic mass is 10.1. The highest BCUT2D eigenvalue weighted by Crippen LogP contribution is 2.26. The molecule has 0 bridgehead atoms. The first kappa shape index (κ1) is 16.1. The van der Waals surface area contributed by atoms with Crippen LogP contribution in [0.2, 0.25) is 0 Å². The molecule has 1 aromatic carbocycles. The molecule has 0 aliphatic carbocycles. The number of methoxy groups -OCH3 is 1. The number of nitrogens with zero attached hydrogens (tertiary/aromatic N) is 1. The van der Waals surface area contributed by atoms with E-state index in [1.165, 1.54) is 17.7 Å². The van der Waals surface area contributed by atoms with Crippen LogP contribution in [-0.4, -0.2) is 39.5 Å². The zero-order valence-corrected chi connectivity index (χ0v) is 13.3. The van der Waals surface area contributed by atoms with Crippen molar-refractivity contribution in [3.8, 4) is 5.75 Å². The summed E-state index contributed by atoms with van der Waals surface area (Å²) in [7, 11) is 1.73. The molecule has 0 amide bonds. The number of anilines is 1. The quantitative estimate of drug-likeness (QED) is 0.785. The Balaban J connectivity index is 1.88. The van der Waals surface area contributed by atoms with Gasteiger partial charge in [0.25, 0.3) is 0 Å². The zero-order chi connectivity index (χ0) is 15.1. The Kier molecular flexibility index (Phi) is 6.33. The minimum atomic E-state index is 0.302. The summed E-state index contributed by atoms with van der Waals surface area (Å²) in [5.41, 5.74) is 8.51. The Labute approximate surface area is 128 Å². The number of hydrogen-bond donors (Lipinski definition) is 1. The van der Waals surface area contributed by atoms with E-state index in [2.05, 4.69) is 30.0 Å². The maximum Gasteiger partial charge on any atom is 0.122 e. The average molecular weight is 292 g/mol. The maximum absolute atomic E-state index is 6.06. The van der Waals surface area contributed by atoms with Crippen LogP contribution in [0.25, 0.3) is 0 Å². The second-order valence-corrected chi connectivity index (χ2v) is 5.85. The first-order chi connectivity index (χ1) is 10.2. The molecule has 1 heterocycles. The molecule has 1 saturated heterocycles. The van der Waals surface area contributed by atoms with E-state index in [1.807, 2.05) is 0 Å². The summed E-state index contributed by atoms with van der Waals surface area (Å²) in [6, 6.07) is 6.75. The molecule has 0 spiro atoms. The highest BCUT2D eigenvalue weighted by atomic mass is 16.5. The predicted molar refractivity (Wildman–Crippen MR) is 87.2 cm³/mol. The fourth-order valence-electron chi connectivity index (χ4n) is 2.77. The van der Waals surface area contributed by atoms with Crippen LogP contribution in [0.3, 0.4) is 0 Å². The molecule has 21 heavy (non-hydrogen) atoms. The second kappa shape index (κ2) is 8.25. The van der Waals surface area contributed by atoms with Gasteiger partial charge in [-0.25, -0.2) is 0 Å². The van der Waals surface area contributed by atoms with Gasteiger partial charge >= 0.3 is 0 Å². The molecule has 0 radical (unpaired) electrons. The van der Waals surface area contributed by atoms with Crippen LogP contribution in [0.4, 0.5) is 5.69 Å². The van der Waals surface area contributed by atoms with Gasteiger partial charge < -0.3 is 20.1 Å². The molecule has 1 fully saturated rings. The van der Waals surface area contributed by atoms with Crippen molar-refractivity contribution in [3.63, 3.8) is 0 Å². The van der Waals surface area contributed by atoms with Crippen molar-refractivity contribution in [2.45, 2.75) is 38.6 Å². The number of hydrogen-bond acceptors (Lipinski definition) is 4. The molecule has 0 saturated carbocycles. The van der Waals surface area contributed by atoms with E-state index < -0.39 is 0 Å². The molecule has 1 aliphatic heterocycles. The lowest BCUT2D eigenvalue weighted by Crippen LogP contribution is -2.42. The Morgan fingerprint density at radius 1 is 1.29 bits per heavy atom. The third-order valence-corrected chi connectivity index (χ3v) is 3.98. The summed E-state index contributed by atoms with van der Waals surface area (Å²) in [6.07, 6.45) is 4.38. The molecule has 1 unspecified atom stereocenters. The average Bonchev–Trinajstić information content (AvgIpc) is 2.48. The topological polar surface area (TPSA) is 47.7 Å². The van der Waals surface area contributed by atoms with Crippen molar-refractivity contribution in [3.05, 3.63) is 23.8 Å². The largest absolute Gasteiger partial charge is 0.493 e. The van der Waals surface area contributed by atoms with E-state index >= 15 is 0 Å². The summed E-state index contributed by atoms with van der Waals surface area (Å²) in [5.74, 6) is 0.984. The normalized spacial score (nSPS) is 18.8. The van der Waals surface area contributed by atoms with Gasteiger partial charge in [-0.2, -0.15) is 0 Å². The van der Waals surface area contributed by atoms with Crippen molar-refractivity contribution in [1.29, 1.82) is 0 Å². The van der Waals surface area contributed by atoms with Gasteiger partial charge in [-0.3, -0.25) is 0 Å². The summed E-state index contributed by atoms with van der Waals surface area (Å²) in [4.78, 5) is 2.38. The van der Waals surface area contributed by atoms with E-state index in [-0.39, 0.29) is 0 Å². The van der Waals surface area contributed by atoms with Gasteiger partial charge in [-0.05, 0) is 56.4 Å². The van der Waals surface area contributed by atoms with Crippen LogP contribution in [0.5, 0.6) is 5.75 Å². The predicted octanol–water partition coefficient (Wildman–Crippen LogP) is 2.73. The second-order valence-electron chi connectivity index (χ2n) is 5.85. The molecule has 2 rings (SSSR count). The van der Waals surface area contributed by atoms with E-state index in [1.54, 1.807) is 7.11 Å². The monoisotopic (exact) mass is 292 g/mol. The lowest BCUT2D eigenvalue weighted by molar-refractivity contribution is 0.184. The summed E-state index contributed by atoms with van der Waals surface area (Å²) >= 11 is 0. The van der Waals surface area contributed by atoms with Gasteiger partial charge in [0.2, 0.25) is 0 Å². The van der Waals surface area contributed by atoms with Gasteiger partial charge in [0.15, 0.2) is 0 Å². The van der Waals surface area contributed by atoms with E-state index in [9.17, 15) is 0 Å². The SMILES string of the molecule is COCCCCOc1ccc(N2CCCC(N)C2)cc1C. The lowest BCUT2D eigenvalue weighted by Gasteiger charge is -2.33. The van der Waals surface area contributed by atoms with E-state index in [0.29, 0.717) is 6.04 Å². The van der Waals surface area contributed by atoms with E-state index in [0.717, 1.165) is 51.3 Å². The number of nitrogens with two attached hydrogens (primary N) is 1. The minimum Gasteiger partial charge on any atom is -0.493 e. The Morgan fingerprint density at radius 3 is 2.81 bits per heavy atom. The van der Waals surface area contributed by atoms with Crippen LogP contribution in [0, 0.1) is 6.92 Å². The summed E-state index contributed by atoms with van der Waals surface area (Å²) < 4.78 is 10.9. The number of unbranched alkanes of at least 4 members (excludes halogenated alkanes) is 1. The molecule has 118 valence electrons. The minimum absolute atomic E-state index is 0.302. The highest BCUT2D eigenvalue weighted by Gasteiger charge is 2.17. The smallest absolute Gasteiger partial charge is 0.122 e. The van der Waals surface area contributed by atoms with Crippen molar-refractivity contribution in [1.82, 2.24) is 0 Å². The number of rotatable bonds is 7. The van der Waals surface area contributed by atoms with Gasteiger partial charge in [0.05, 0.1) is 6.61 Å². The first-order valence-electron chi connectivity index (χ1n) is 7.93. The Bertz CT molecular complexity index is 437. The molecular weight excluding hydrogens is 264 g/mol. The van der Waals surface area contributed by atoms with Crippen LogP contribution in [0.15, 0.2) is 18.2 Å². The van der Waals surface area contributed by atoms with Gasteiger partial charge in [-0.1, -0.05) is 0 Å². The third kappa shape index (κ3) is 4.90. The highest BCUT2D eigenvalue weighted by molar-refractivity contribution is 5.53. The van der Waals surface area contributed by atoms with Gasteiger partial charge in [0, 0.05) is 38.5 Å². The molecule has 1 aliphatic rings. The van der Waals surface area contributed by atoms with Gasteiger partial charge in [-0.15, -0.1) is 0 Å². The van der Waals surface area contributed by atoms with Crippen LogP contribution < -0.4 is 15.4 Å². The molecular formula is C17H28N2O2. The summed E-state index contributed by atoms with van der Waals surface area (Å²) in [5, 5.41) is 0. The molecule has 1 atom stereocenters. The standard InChI is InChI=1S/C17H28N2O2/c1-14-12-16(19-9-5-6-15(18)13-19)7-8-17(14)21-11-4-3-10-20-2/h7-8,12,15H,3-6,9-11,13,18H2,1-2H3. The van der Waals surface area contributed by atoms with Crippen LogP contribution in [-0.2, 0) is 4.74 Å². The summed E-state index contributed by atoms with van der Waals surface area (Å²) in [6.45, 7) is 5.72. The Hall–Kier alpha value is -1.26. The maximum atomic E-state index is 6.06. The van der Waals surface area contributed by atoms with E-state index in [4.69, 9.17) is 15.2 Å². The number of piperidine rings is 1. The third-order valence-electron chi connectivity index (χ3n) is 3.98. The van der Waals surface area contributed by atoms with Crippen molar-refractivity contribution < 1.29 is 9.47 Å². The molecule has 2 N–H and O–H groups in total. The molecule has 4 heteroatoms. The van der Waals surface area contributed by atoms with Crippen LogP contribution in [0.1, 0.15) is 31.2 Å². The fraction of sp³-hybridized carbons (Fsp3) is 0.647. The number of ether oxygens (including phenoxy) is 2. The Morgan fingerprint density at radius 2 is 2.10 bits per heavy atom. The van der Waals surface area contributed by atoms with Gasteiger partial charge in [0.1, 0.15) is 5.75 Å². The van der Waals surface area contributed by atoms with Crippen molar-refractivity contribution in [2.75, 3.05) is 38.3 Å². The van der Waals surface area contributed by atoms with Crippen molar-refractivity contribution in [2.24, 2.45) is 5.73 Å². The molecule has 4 nitrogen and oxygen atoms in total.